The number of hydrogen-bond acceptors (Lipinski definition) is 3. The minimum absolute atomic E-state index is 0.561. The Morgan fingerprint density at radius 1 is 0.808 bits per heavy atom. The maximum Gasteiger partial charge on any atom is 0.150 e. The number of benzene rings is 2. The summed E-state index contributed by atoms with van der Waals surface area (Å²) in [5.41, 5.74) is 14.2. The van der Waals surface area contributed by atoms with Crippen LogP contribution in [0.25, 0.3) is 0 Å². The molecule has 1 fully saturated rings. The first kappa shape index (κ1) is 21.9. The molecule has 144 valence electrons. The topological polar surface area (TPSA) is 61.3 Å². The average molecular weight is 357 g/mol. The first-order valence-electron chi connectivity index (χ1n) is 10.0. The van der Waals surface area contributed by atoms with Crippen molar-refractivity contribution in [3.8, 4) is 11.5 Å². The van der Waals surface area contributed by atoms with Crippen molar-refractivity contribution in [1.29, 1.82) is 0 Å². The van der Waals surface area contributed by atoms with E-state index in [9.17, 15) is 0 Å². The molecule has 1 aliphatic rings. The Labute approximate surface area is 159 Å². The molecule has 0 aromatic heterocycles. The normalized spacial score (nSPS) is 18.7. The smallest absolute Gasteiger partial charge is 0.150 e. The molecule has 4 N–H and O–H groups in total. The molecule has 1 aliphatic carbocycles. The van der Waals surface area contributed by atoms with Crippen molar-refractivity contribution in [2.24, 2.45) is 5.92 Å². The molecule has 26 heavy (non-hydrogen) atoms. The highest BCUT2D eigenvalue weighted by atomic mass is 16.5. The number of anilines is 2. The summed E-state index contributed by atoms with van der Waals surface area (Å²) in [5, 5.41) is 0. The number of ether oxygens (including phenoxy) is 1. The number of hydrogen-bond donors (Lipinski definition) is 2. The van der Waals surface area contributed by atoms with Gasteiger partial charge in [-0.05, 0) is 60.6 Å². The standard InChI is InChI=1S/C19H24N2O.2C2H6/c1-13-2-4-14(5-3-13)15-6-9-17(10-7-15)22-19-11-8-16(20)12-18(19)21;2*1-2/h6-14H,2-5,20-21H2,1H3;2*1-2H3. The van der Waals surface area contributed by atoms with E-state index in [1.165, 1.54) is 31.2 Å². The van der Waals surface area contributed by atoms with Gasteiger partial charge in [0.25, 0.3) is 0 Å². The molecular formula is C23H36N2O. The Morgan fingerprint density at radius 3 is 1.92 bits per heavy atom. The fraction of sp³-hybridized carbons (Fsp3) is 0.478. The molecule has 0 amide bonds. The molecule has 3 heteroatoms. The van der Waals surface area contributed by atoms with Crippen LogP contribution in [0.3, 0.4) is 0 Å². The maximum absolute atomic E-state index is 5.92. The third kappa shape index (κ3) is 6.29. The molecule has 0 bridgehead atoms. The summed E-state index contributed by atoms with van der Waals surface area (Å²) in [6.07, 6.45) is 5.27. The van der Waals surface area contributed by atoms with E-state index in [4.69, 9.17) is 16.2 Å². The van der Waals surface area contributed by atoms with Crippen molar-refractivity contribution in [3.63, 3.8) is 0 Å². The van der Waals surface area contributed by atoms with E-state index in [1.54, 1.807) is 18.2 Å². The van der Waals surface area contributed by atoms with E-state index in [2.05, 4.69) is 19.1 Å². The Bertz CT molecular complexity index is 629. The lowest BCUT2D eigenvalue weighted by atomic mass is 9.79. The third-order valence-corrected chi connectivity index (χ3v) is 4.63. The monoisotopic (exact) mass is 356 g/mol. The third-order valence-electron chi connectivity index (χ3n) is 4.63. The number of nitrogen functional groups attached to an aromatic ring is 2. The zero-order valence-corrected chi connectivity index (χ0v) is 17.1. The lowest BCUT2D eigenvalue weighted by Crippen LogP contribution is -2.10. The van der Waals surface area contributed by atoms with Gasteiger partial charge < -0.3 is 16.2 Å². The van der Waals surface area contributed by atoms with Gasteiger partial charge in [0, 0.05) is 5.69 Å². The van der Waals surface area contributed by atoms with Crippen LogP contribution in [0.5, 0.6) is 11.5 Å². The van der Waals surface area contributed by atoms with E-state index in [0.717, 1.165) is 11.7 Å². The van der Waals surface area contributed by atoms with Crippen LogP contribution in [0.1, 0.15) is 71.8 Å². The van der Waals surface area contributed by atoms with Gasteiger partial charge in [0.05, 0.1) is 5.69 Å². The second-order valence-corrected chi connectivity index (χ2v) is 6.43. The number of nitrogens with two attached hydrogens (primary N) is 2. The Hall–Kier alpha value is -2.16. The molecule has 0 atom stereocenters. The molecular weight excluding hydrogens is 320 g/mol. The minimum Gasteiger partial charge on any atom is -0.455 e. The summed E-state index contributed by atoms with van der Waals surface area (Å²) in [6, 6.07) is 13.7. The van der Waals surface area contributed by atoms with Gasteiger partial charge in [-0.3, -0.25) is 0 Å². The van der Waals surface area contributed by atoms with Crippen LogP contribution in [0.4, 0.5) is 11.4 Å². The average Bonchev–Trinajstić information content (AvgIpc) is 2.68. The van der Waals surface area contributed by atoms with Gasteiger partial charge in [0.15, 0.2) is 0 Å². The SMILES string of the molecule is CC.CC.CC1CCC(c2ccc(Oc3ccc(N)cc3N)cc2)CC1. The minimum atomic E-state index is 0.561. The van der Waals surface area contributed by atoms with E-state index >= 15 is 0 Å². The van der Waals surface area contributed by atoms with Gasteiger partial charge in [-0.1, -0.05) is 59.6 Å². The molecule has 0 radical (unpaired) electrons. The summed E-state index contributed by atoms with van der Waals surface area (Å²) in [4.78, 5) is 0. The van der Waals surface area contributed by atoms with Gasteiger partial charge in [0.2, 0.25) is 0 Å². The molecule has 0 unspecified atom stereocenters. The summed E-state index contributed by atoms with van der Waals surface area (Å²) in [5.74, 6) is 3.04. The van der Waals surface area contributed by atoms with Gasteiger partial charge in [-0.25, -0.2) is 0 Å². The largest absolute Gasteiger partial charge is 0.455 e. The van der Waals surface area contributed by atoms with Crippen molar-refractivity contribution in [2.45, 2.75) is 66.2 Å². The predicted molar refractivity (Wildman–Crippen MR) is 115 cm³/mol. The summed E-state index contributed by atoms with van der Waals surface area (Å²) >= 11 is 0. The summed E-state index contributed by atoms with van der Waals surface area (Å²) in [6.45, 7) is 10.4. The van der Waals surface area contributed by atoms with Crippen LogP contribution in [0.2, 0.25) is 0 Å². The van der Waals surface area contributed by atoms with Gasteiger partial charge in [-0.2, -0.15) is 0 Å². The van der Waals surface area contributed by atoms with E-state index in [-0.39, 0.29) is 0 Å². The summed E-state index contributed by atoms with van der Waals surface area (Å²) < 4.78 is 5.84. The molecule has 0 saturated heterocycles. The first-order valence-corrected chi connectivity index (χ1v) is 10.0. The van der Waals surface area contributed by atoms with Gasteiger partial charge >= 0.3 is 0 Å². The quantitative estimate of drug-likeness (QED) is 0.582. The Kier molecular flexibility index (Phi) is 9.64. The highest BCUT2D eigenvalue weighted by Crippen LogP contribution is 2.36. The van der Waals surface area contributed by atoms with Crippen LogP contribution in [0, 0.1) is 5.92 Å². The molecule has 0 spiro atoms. The van der Waals surface area contributed by atoms with E-state index in [1.807, 2.05) is 39.8 Å². The first-order chi connectivity index (χ1) is 12.6. The van der Waals surface area contributed by atoms with Crippen LogP contribution in [0.15, 0.2) is 42.5 Å². The molecule has 3 nitrogen and oxygen atoms in total. The van der Waals surface area contributed by atoms with Crippen molar-refractivity contribution in [3.05, 3.63) is 48.0 Å². The highest BCUT2D eigenvalue weighted by molar-refractivity contribution is 5.61. The Morgan fingerprint density at radius 2 is 1.38 bits per heavy atom. The van der Waals surface area contributed by atoms with Crippen LogP contribution < -0.4 is 16.2 Å². The molecule has 2 aromatic carbocycles. The molecule has 3 rings (SSSR count). The van der Waals surface area contributed by atoms with Gasteiger partial charge in [0.1, 0.15) is 11.5 Å². The lowest BCUT2D eigenvalue weighted by molar-refractivity contribution is 0.348. The molecule has 2 aromatic rings. The van der Waals surface area contributed by atoms with Crippen molar-refractivity contribution in [1.82, 2.24) is 0 Å². The van der Waals surface area contributed by atoms with Crippen molar-refractivity contribution in [2.75, 3.05) is 11.5 Å². The highest BCUT2D eigenvalue weighted by Gasteiger charge is 2.19. The molecule has 1 saturated carbocycles. The second-order valence-electron chi connectivity index (χ2n) is 6.43. The fourth-order valence-corrected chi connectivity index (χ4v) is 3.19. The van der Waals surface area contributed by atoms with E-state index in [0.29, 0.717) is 23.0 Å². The maximum atomic E-state index is 5.92. The zero-order chi connectivity index (χ0) is 19.5. The zero-order valence-electron chi connectivity index (χ0n) is 17.1. The van der Waals surface area contributed by atoms with Crippen molar-refractivity contribution < 1.29 is 4.74 Å². The lowest BCUT2D eigenvalue weighted by Gasteiger charge is -2.26. The number of rotatable bonds is 3. The fourth-order valence-electron chi connectivity index (χ4n) is 3.19. The van der Waals surface area contributed by atoms with Crippen LogP contribution in [-0.2, 0) is 0 Å². The Balaban J connectivity index is 0.000000791. The summed E-state index contributed by atoms with van der Waals surface area (Å²) in [7, 11) is 0. The predicted octanol–water partition coefficient (Wildman–Crippen LogP) is 6.99. The van der Waals surface area contributed by atoms with Gasteiger partial charge in [-0.15, -0.1) is 0 Å². The molecule has 0 heterocycles. The van der Waals surface area contributed by atoms with Crippen LogP contribution in [-0.4, -0.2) is 0 Å². The molecule has 0 aliphatic heterocycles. The van der Waals surface area contributed by atoms with Crippen LogP contribution >= 0.6 is 0 Å². The van der Waals surface area contributed by atoms with E-state index < -0.39 is 0 Å². The second kappa shape index (κ2) is 11.5. The van der Waals surface area contributed by atoms with Crippen molar-refractivity contribution >= 4 is 11.4 Å².